The highest BCUT2D eigenvalue weighted by Crippen LogP contribution is 2.32. The number of benzene rings is 2. The van der Waals surface area contributed by atoms with E-state index >= 15 is 0 Å². The second-order valence-corrected chi connectivity index (χ2v) is 5.50. The quantitative estimate of drug-likeness (QED) is 0.893. The molecule has 1 atom stereocenters. The van der Waals surface area contributed by atoms with Gasteiger partial charge in [-0.1, -0.05) is 23.2 Å². The molecule has 1 unspecified atom stereocenters. The molecular formula is C16H17Cl2NO2. The molecule has 5 heteroatoms. The van der Waals surface area contributed by atoms with Crippen molar-refractivity contribution in [3.63, 3.8) is 0 Å². The number of hydrogen-bond acceptors (Lipinski definition) is 3. The number of rotatable bonds is 5. The van der Waals surface area contributed by atoms with Gasteiger partial charge < -0.3 is 15.2 Å². The van der Waals surface area contributed by atoms with Crippen LogP contribution in [0.25, 0.3) is 0 Å². The highest BCUT2D eigenvalue weighted by molar-refractivity contribution is 6.33. The zero-order valence-corrected chi connectivity index (χ0v) is 13.4. The summed E-state index contributed by atoms with van der Waals surface area (Å²) in [4.78, 5) is 0. The first-order valence-electron chi connectivity index (χ1n) is 6.46. The molecule has 2 aromatic carbocycles. The SMILES string of the molecule is COc1ccc(OC)c(C(N)Cc2cc(Cl)ccc2Cl)c1. The summed E-state index contributed by atoms with van der Waals surface area (Å²) in [7, 11) is 3.23. The predicted octanol–water partition coefficient (Wildman–Crippen LogP) is 4.25. The molecule has 21 heavy (non-hydrogen) atoms. The van der Waals surface area contributed by atoms with Gasteiger partial charge in [0.15, 0.2) is 0 Å². The van der Waals surface area contributed by atoms with E-state index in [1.54, 1.807) is 26.4 Å². The third-order valence-electron chi connectivity index (χ3n) is 3.28. The Bertz CT molecular complexity index is 632. The molecule has 0 aromatic heterocycles. The molecule has 2 aromatic rings. The fraction of sp³-hybridized carbons (Fsp3) is 0.250. The topological polar surface area (TPSA) is 44.5 Å². The van der Waals surface area contributed by atoms with E-state index in [9.17, 15) is 0 Å². The van der Waals surface area contributed by atoms with E-state index < -0.39 is 0 Å². The average molecular weight is 326 g/mol. The summed E-state index contributed by atoms with van der Waals surface area (Å²) in [5.41, 5.74) is 8.08. The number of ether oxygens (including phenoxy) is 2. The summed E-state index contributed by atoms with van der Waals surface area (Å²) in [5.74, 6) is 1.46. The molecule has 0 heterocycles. The second kappa shape index (κ2) is 7.03. The third kappa shape index (κ3) is 3.82. The molecular weight excluding hydrogens is 309 g/mol. The zero-order valence-electron chi connectivity index (χ0n) is 11.9. The Hall–Kier alpha value is -1.42. The van der Waals surface area contributed by atoms with Gasteiger partial charge in [0.25, 0.3) is 0 Å². The lowest BCUT2D eigenvalue weighted by Crippen LogP contribution is -2.15. The molecule has 0 spiro atoms. The van der Waals surface area contributed by atoms with Crippen molar-refractivity contribution >= 4 is 23.2 Å². The molecule has 2 N–H and O–H groups in total. The van der Waals surface area contributed by atoms with Crippen molar-refractivity contribution in [3.05, 3.63) is 57.6 Å². The zero-order chi connectivity index (χ0) is 15.4. The van der Waals surface area contributed by atoms with Gasteiger partial charge in [-0.15, -0.1) is 0 Å². The predicted molar refractivity (Wildman–Crippen MR) is 86.6 cm³/mol. The minimum Gasteiger partial charge on any atom is -0.497 e. The van der Waals surface area contributed by atoms with E-state index in [1.807, 2.05) is 24.3 Å². The molecule has 3 nitrogen and oxygen atoms in total. The van der Waals surface area contributed by atoms with Crippen LogP contribution in [-0.4, -0.2) is 14.2 Å². The number of halogens is 2. The van der Waals surface area contributed by atoms with Crippen LogP contribution in [0.4, 0.5) is 0 Å². The maximum absolute atomic E-state index is 6.31. The maximum atomic E-state index is 6.31. The lowest BCUT2D eigenvalue weighted by molar-refractivity contribution is 0.395. The van der Waals surface area contributed by atoms with Crippen molar-refractivity contribution in [1.82, 2.24) is 0 Å². The fourth-order valence-corrected chi connectivity index (χ4v) is 2.57. The van der Waals surface area contributed by atoms with E-state index in [1.165, 1.54) is 0 Å². The highest BCUT2D eigenvalue weighted by atomic mass is 35.5. The van der Waals surface area contributed by atoms with Crippen molar-refractivity contribution in [2.45, 2.75) is 12.5 Å². The summed E-state index contributed by atoms with van der Waals surface area (Å²) >= 11 is 12.2. The van der Waals surface area contributed by atoms with Gasteiger partial charge in [0.05, 0.1) is 14.2 Å². The van der Waals surface area contributed by atoms with E-state index in [4.69, 9.17) is 38.4 Å². The largest absolute Gasteiger partial charge is 0.497 e. The van der Waals surface area contributed by atoms with Crippen molar-refractivity contribution in [3.8, 4) is 11.5 Å². The van der Waals surface area contributed by atoms with Crippen LogP contribution in [0.3, 0.4) is 0 Å². The van der Waals surface area contributed by atoms with Crippen LogP contribution in [0.5, 0.6) is 11.5 Å². The minimum absolute atomic E-state index is 0.272. The molecule has 2 rings (SSSR count). The van der Waals surface area contributed by atoms with Crippen molar-refractivity contribution in [1.29, 1.82) is 0 Å². The Morgan fingerprint density at radius 2 is 1.81 bits per heavy atom. The minimum atomic E-state index is -0.272. The number of nitrogens with two attached hydrogens (primary N) is 1. The number of methoxy groups -OCH3 is 2. The van der Waals surface area contributed by atoms with Gasteiger partial charge >= 0.3 is 0 Å². The summed E-state index contributed by atoms with van der Waals surface area (Å²) in [6, 6.07) is 10.6. The Kier molecular flexibility index (Phi) is 5.34. The third-order valence-corrected chi connectivity index (χ3v) is 3.89. The molecule has 0 aliphatic carbocycles. The Labute approximate surface area is 134 Å². The average Bonchev–Trinajstić information content (AvgIpc) is 2.50. The van der Waals surface area contributed by atoms with Crippen LogP contribution < -0.4 is 15.2 Å². The van der Waals surface area contributed by atoms with Crippen LogP contribution >= 0.6 is 23.2 Å². The Morgan fingerprint density at radius 1 is 1.05 bits per heavy atom. The van der Waals surface area contributed by atoms with Gasteiger partial charge in [0.2, 0.25) is 0 Å². The normalized spacial score (nSPS) is 12.0. The highest BCUT2D eigenvalue weighted by Gasteiger charge is 2.15. The summed E-state index contributed by atoms with van der Waals surface area (Å²) in [6.45, 7) is 0. The van der Waals surface area contributed by atoms with E-state index in [-0.39, 0.29) is 6.04 Å². The van der Waals surface area contributed by atoms with Crippen LogP contribution in [0.2, 0.25) is 10.0 Å². The van der Waals surface area contributed by atoms with Crippen molar-refractivity contribution in [2.24, 2.45) is 5.73 Å². The summed E-state index contributed by atoms with van der Waals surface area (Å²) in [6.07, 6.45) is 0.558. The van der Waals surface area contributed by atoms with E-state index in [2.05, 4.69) is 0 Å². The van der Waals surface area contributed by atoms with Crippen molar-refractivity contribution < 1.29 is 9.47 Å². The van der Waals surface area contributed by atoms with Gasteiger partial charge in [-0.2, -0.15) is 0 Å². The molecule has 112 valence electrons. The molecule has 0 aliphatic heterocycles. The van der Waals surface area contributed by atoms with Crippen LogP contribution in [0.15, 0.2) is 36.4 Å². The van der Waals surface area contributed by atoms with Gasteiger partial charge in [-0.3, -0.25) is 0 Å². The standard InChI is InChI=1S/C16H17Cl2NO2/c1-20-12-4-6-16(21-2)13(9-12)15(19)8-10-7-11(17)3-5-14(10)18/h3-7,9,15H,8,19H2,1-2H3. The van der Waals surface area contributed by atoms with Crippen LogP contribution in [-0.2, 0) is 6.42 Å². The lowest BCUT2D eigenvalue weighted by Gasteiger charge is -2.17. The van der Waals surface area contributed by atoms with Gasteiger partial charge in [-0.05, 0) is 48.4 Å². The second-order valence-electron chi connectivity index (χ2n) is 4.65. The maximum Gasteiger partial charge on any atom is 0.123 e. The summed E-state index contributed by atoms with van der Waals surface area (Å²) < 4.78 is 10.6. The van der Waals surface area contributed by atoms with Crippen LogP contribution in [0.1, 0.15) is 17.2 Å². The van der Waals surface area contributed by atoms with Gasteiger partial charge in [0.1, 0.15) is 11.5 Å². The van der Waals surface area contributed by atoms with Crippen molar-refractivity contribution in [2.75, 3.05) is 14.2 Å². The van der Waals surface area contributed by atoms with E-state index in [0.29, 0.717) is 16.5 Å². The van der Waals surface area contributed by atoms with Gasteiger partial charge in [-0.25, -0.2) is 0 Å². The van der Waals surface area contributed by atoms with E-state index in [0.717, 1.165) is 22.6 Å². The first-order valence-corrected chi connectivity index (χ1v) is 7.22. The molecule has 0 bridgehead atoms. The number of hydrogen-bond donors (Lipinski definition) is 1. The van der Waals surface area contributed by atoms with Crippen LogP contribution in [0, 0.1) is 0 Å². The molecule has 0 aliphatic rings. The molecule has 0 fully saturated rings. The first-order chi connectivity index (χ1) is 10.0. The Balaban J connectivity index is 2.31. The molecule has 0 saturated carbocycles. The fourth-order valence-electron chi connectivity index (χ4n) is 2.18. The molecule has 0 amide bonds. The Morgan fingerprint density at radius 3 is 2.48 bits per heavy atom. The monoisotopic (exact) mass is 325 g/mol. The van der Waals surface area contributed by atoms with Gasteiger partial charge in [0, 0.05) is 21.7 Å². The first kappa shape index (κ1) is 16.0. The molecule has 0 saturated heterocycles. The smallest absolute Gasteiger partial charge is 0.123 e. The molecule has 0 radical (unpaired) electrons. The lowest BCUT2D eigenvalue weighted by atomic mass is 9.98. The summed E-state index contributed by atoms with van der Waals surface area (Å²) in [5, 5.41) is 1.29.